The van der Waals surface area contributed by atoms with Crippen LogP contribution in [0, 0.1) is 23.7 Å². The zero-order valence-electron chi connectivity index (χ0n) is 26.9. The molecule has 0 radical (unpaired) electrons. The summed E-state index contributed by atoms with van der Waals surface area (Å²) in [6.45, 7) is 6.16. The maximum atomic E-state index is 14.1. The zero-order chi connectivity index (χ0) is 31.6. The maximum Gasteiger partial charge on any atom is 0.244 e. The van der Waals surface area contributed by atoms with Gasteiger partial charge in [-0.2, -0.15) is 0 Å². The molecule has 9 heteroatoms. The Morgan fingerprint density at radius 3 is 2.00 bits per heavy atom. The highest BCUT2D eigenvalue weighted by atomic mass is 32.2. The number of methoxy groups -OCH3 is 1. The number of carbonyl (C=O) groups excluding carboxylic acids is 2. The molecule has 1 N–H and O–H groups in total. The number of hydrogen-bond donors (Lipinski definition) is 1. The molecule has 4 fully saturated rings. The first-order chi connectivity index (χ1) is 20.9. The Bertz CT molecular complexity index is 1390. The van der Waals surface area contributed by atoms with Gasteiger partial charge in [0.1, 0.15) is 18.3 Å². The van der Waals surface area contributed by atoms with Crippen LogP contribution in [0.15, 0.2) is 48.5 Å². The summed E-state index contributed by atoms with van der Waals surface area (Å²) in [6.07, 6.45) is 9.30. The Morgan fingerprint density at radius 2 is 1.52 bits per heavy atom. The van der Waals surface area contributed by atoms with E-state index in [2.05, 4.69) is 17.4 Å². The molecule has 4 saturated carbocycles. The predicted octanol–water partition coefficient (Wildman–Crippen LogP) is 5.51. The van der Waals surface area contributed by atoms with Crippen molar-refractivity contribution < 1.29 is 22.7 Å². The normalized spacial score (nSPS) is 24.6. The second-order valence-corrected chi connectivity index (χ2v) is 15.9. The van der Waals surface area contributed by atoms with Gasteiger partial charge in [0.2, 0.25) is 21.8 Å². The highest BCUT2D eigenvalue weighted by Crippen LogP contribution is 2.60. The van der Waals surface area contributed by atoms with Gasteiger partial charge in [0.25, 0.3) is 0 Å². The molecule has 2 aromatic rings. The number of amides is 2. The summed E-state index contributed by atoms with van der Waals surface area (Å²) in [5, 5.41) is 2.96. The number of nitrogens with one attached hydrogen (secondary N) is 1. The first-order valence-corrected chi connectivity index (χ1v) is 18.0. The van der Waals surface area contributed by atoms with E-state index in [1.54, 1.807) is 7.11 Å². The van der Waals surface area contributed by atoms with Crippen LogP contribution < -0.4 is 14.4 Å². The molecule has 4 aliphatic carbocycles. The van der Waals surface area contributed by atoms with Crippen molar-refractivity contribution in [2.45, 2.75) is 83.7 Å². The summed E-state index contributed by atoms with van der Waals surface area (Å²) in [4.78, 5) is 28.9. The molecule has 0 aliphatic heterocycles. The Labute approximate surface area is 263 Å². The summed E-state index contributed by atoms with van der Waals surface area (Å²) in [5.41, 5.74) is 2.79. The van der Waals surface area contributed by atoms with Crippen molar-refractivity contribution in [3.63, 3.8) is 0 Å². The van der Waals surface area contributed by atoms with Gasteiger partial charge in [-0.15, -0.1) is 0 Å². The van der Waals surface area contributed by atoms with Crippen LogP contribution in [-0.2, 0) is 31.6 Å². The fourth-order valence-corrected chi connectivity index (χ4v) is 9.18. The van der Waals surface area contributed by atoms with Crippen LogP contribution in [0.5, 0.6) is 5.75 Å². The van der Waals surface area contributed by atoms with Crippen molar-refractivity contribution in [3.05, 3.63) is 59.7 Å². The largest absolute Gasteiger partial charge is 0.497 e. The molecule has 8 nitrogen and oxygen atoms in total. The number of benzene rings is 2. The Kier molecular flexibility index (Phi) is 9.64. The maximum absolute atomic E-state index is 14.1. The molecule has 0 spiro atoms. The van der Waals surface area contributed by atoms with E-state index in [4.69, 9.17) is 4.74 Å². The van der Waals surface area contributed by atoms with Crippen LogP contribution in [0.25, 0.3) is 0 Å². The van der Waals surface area contributed by atoms with Crippen molar-refractivity contribution in [1.82, 2.24) is 10.2 Å². The second-order valence-electron chi connectivity index (χ2n) is 13.9. The van der Waals surface area contributed by atoms with E-state index < -0.39 is 22.0 Å². The Hall–Kier alpha value is -3.07. The number of rotatable bonds is 13. The number of hydrogen-bond acceptors (Lipinski definition) is 5. The second kappa shape index (κ2) is 13.1. The minimum atomic E-state index is -3.79. The third kappa shape index (κ3) is 7.08. The van der Waals surface area contributed by atoms with Crippen molar-refractivity contribution >= 4 is 27.5 Å². The molecule has 0 heterocycles. The third-order valence-corrected chi connectivity index (χ3v) is 11.2. The number of ether oxygens (including phenoxy) is 1. The Balaban J connectivity index is 1.39. The topological polar surface area (TPSA) is 96.0 Å². The fourth-order valence-electron chi connectivity index (χ4n) is 8.33. The molecule has 0 saturated heterocycles. The predicted molar refractivity (Wildman–Crippen MR) is 174 cm³/mol. The van der Waals surface area contributed by atoms with Crippen LogP contribution in [0.4, 0.5) is 5.69 Å². The van der Waals surface area contributed by atoms with Crippen LogP contribution in [0.2, 0.25) is 0 Å². The van der Waals surface area contributed by atoms with E-state index in [0.29, 0.717) is 24.4 Å². The number of anilines is 1. The van der Waals surface area contributed by atoms with Crippen LogP contribution in [0.1, 0.15) is 76.8 Å². The van der Waals surface area contributed by atoms with E-state index in [1.807, 2.05) is 57.2 Å². The molecule has 0 unspecified atom stereocenters. The van der Waals surface area contributed by atoms with Crippen LogP contribution in [-0.4, -0.2) is 57.6 Å². The molecule has 6 rings (SSSR count). The lowest BCUT2D eigenvalue weighted by atomic mass is 9.48. The van der Waals surface area contributed by atoms with Gasteiger partial charge in [-0.05, 0) is 109 Å². The van der Waals surface area contributed by atoms with E-state index in [-0.39, 0.29) is 30.3 Å². The zero-order valence-corrected chi connectivity index (χ0v) is 27.7. The molecule has 4 bridgehead atoms. The molecular weight excluding hydrogens is 574 g/mol. The van der Waals surface area contributed by atoms with Gasteiger partial charge in [-0.1, -0.05) is 45.0 Å². The highest BCUT2D eigenvalue weighted by molar-refractivity contribution is 7.92. The van der Waals surface area contributed by atoms with Crippen molar-refractivity contribution in [3.8, 4) is 5.75 Å². The number of nitrogens with zero attached hydrogens (tertiary/aromatic N) is 2. The average Bonchev–Trinajstić information content (AvgIpc) is 2.97. The van der Waals surface area contributed by atoms with Crippen LogP contribution >= 0.6 is 0 Å². The summed E-state index contributed by atoms with van der Waals surface area (Å²) >= 11 is 0. The smallest absolute Gasteiger partial charge is 0.244 e. The minimum absolute atomic E-state index is 0.166. The number of sulfonamides is 1. The monoisotopic (exact) mass is 623 g/mol. The van der Waals surface area contributed by atoms with Gasteiger partial charge in [-0.3, -0.25) is 13.9 Å². The van der Waals surface area contributed by atoms with Gasteiger partial charge in [0, 0.05) is 13.1 Å². The Morgan fingerprint density at radius 1 is 0.955 bits per heavy atom. The van der Waals surface area contributed by atoms with E-state index in [1.165, 1.54) is 53.3 Å². The van der Waals surface area contributed by atoms with Crippen molar-refractivity contribution in [2.24, 2.45) is 23.7 Å². The van der Waals surface area contributed by atoms with E-state index in [0.717, 1.165) is 29.6 Å². The summed E-state index contributed by atoms with van der Waals surface area (Å²) in [6, 6.07) is 14.5. The molecule has 44 heavy (non-hydrogen) atoms. The SMILES string of the molecule is CC[C@@H](C(=O)NCC(C)C)N(Cc1ccc(OC)cc1)C(=O)CN(c1ccc(C23CC4CC(CC(C4)C2)C3)cc1)S(C)(=O)=O. The summed E-state index contributed by atoms with van der Waals surface area (Å²) < 4.78 is 32.7. The van der Waals surface area contributed by atoms with Crippen LogP contribution in [0.3, 0.4) is 0 Å². The van der Waals surface area contributed by atoms with Gasteiger partial charge in [0.05, 0.1) is 19.1 Å². The molecule has 2 amide bonds. The third-order valence-electron chi connectivity index (χ3n) is 10.1. The van der Waals surface area contributed by atoms with Gasteiger partial charge in [0.15, 0.2) is 0 Å². The van der Waals surface area contributed by atoms with E-state index >= 15 is 0 Å². The highest BCUT2D eigenvalue weighted by Gasteiger charge is 2.51. The van der Waals surface area contributed by atoms with Crippen molar-refractivity contribution in [2.75, 3.05) is 30.8 Å². The lowest BCUT2D eigenvalue weighted by Crippen LogP contribution is -2.52. The molecule has 0 aromatic heterocycles. The average molecular weight is 624 g/mol. The first-order valence-electron chi connectivity index (χ1n) is 16.2. The van der Waals surface area contributed by atoms with Gasteiger partial charge < -0.3 is 15.0 Å². The quantitative estimate of drug-likeness (QED) is 0.318. The number of carbonyl (C=O) groups is 2. The van der Waals surface area contributed by atoms with Gasteiger partial charge in [-0.25, -0.2) is 8.42 Å². The minimum Gasteiger partial charge on any atom is -0.497 e. The standard InChI is InChI=1S/C35H49N3O5S/c1-6-32(34(40)36-21-24(2)3)37(22-25-7-13-31(43-4)14-8-25)33(39)23-38(44(5,41)42)30-11-9-29(10-12-30)35-18-26-15-27(19-35)17-28(16-26)20-35/h7-14,24,26-28,32H,6,15-23H2,1-5H3,(H,36,40)/t26?,27?,28?,32-,35?/m0/s1. The molecule has 240 valence electrons. The summed E-state index contributed by atoms with van der Waals surface area (Å²) in [5.74, 6) is 2.71. The lowest BCUT2D eigenvalue weighted by Gasteiger charge is -2.57. The van der Waals surface area contributed by atoms with E-state index in [9.17, 15) is 18.0 Å². The molecule has 2 aromatic carbocycles. The van der Waals surface area contributed by atoms with Crippen molar-refractivity contribution in [1.29, 1.82) is 0 Å². The molecule has 4 aliphatic rings. The lowest BCUT2D eigenvalue weighted by molar-refractivity contribution is -0.140. The summed E-state index contributed by atoms with van der Waals surface area (Å²) in [7, 11) is -2.20. The fraction of sp³-hybridized carbons (Fsp3) is 0.600. The molecular formula is C35H49N3O5S. The molecule has 1 atom stereocenters. The first kappa shape index (κ1) is 32.3. The van der Waals surface area contributed by atoms with Gasteiger partial charge >= 0.3 is 0 Å².